The predicted octanol–water partition coefficient (Wildman–Crippen LogP) is 4.17. The van der Waals surface area contributed by atoms with Crippen LogP contribution < -0.4 is 20.1 Å². The molecule has 0 bridgehead atoms. The first-order chi connectivity index (χ1) is 14.0. The van der Waals surface area contributed by atoms with Crippen LogP contribution in [0.15, 0.2) is 42.5 Å². The van der Waals surface area contributed by atoms with E-state index in [2.05, 4.69) is 34.4 Å². The molecule has 2 heterocycles. The van der Waals surface area contributed by atoms with E-state index in [0.29, 0.717) is 42.0 Å². The van der Waals surface area contributed by atoms with Crippen molar-refractivity contribution in [3.05, 3.63) is 65.1 Å². The Kier molecular flexibility index (Phi) is 5.03. The number of fused-ring (bicyclic) bond motifs is 1. The van der Waals surface area contributed by atoms with Gasteiger partial charge in [-0.15, -0.1) is 0 Å². The van der Waals surface area contributed by atoms with E-state index in [9.17, 15) is 4.79 Å². The van der Waals surface area contributed by atoms with E-state index in [1.165, 1.54) is 11.1 Å². The standard InChI is InChI=1S/C22H22N4O3/c1-13-4-5-16(10-14(13)2)25-21-12-18(23-15(3)24-21)22(27)26-17-6-7-19-20(11-17)29-9-8-28-19/h4-7,10-12H,8-9H2,1-3H3,(H,26,27)(H,23,24,25). The molecular weight excluding hydrogens is 368 g/mol. The summed E-state index contributed by atoms with van der Waals surface area (Å²) >= 11 is 0. The van der Waals surface area contributed by atoms with Crippen LogP contribution in [0, 0.1) is 20.8 Å². The van der Waals surface area contributed by atoms with Crippen LogP contribution in [0.2, 0.25) is 0 Å². The minimum Gasteiger partial charge on any atom is -0.486 e. The molecule has 0 saturated heterocycles. The van der Waals surface area contributed by atoms with E-state index in [0.717, 1.165) is 5.69 Å². The van der Waals surface area contributed by atoms with Crippen LogP contribution in [0.1, 0.15) is 27.4 Å². The Balaban J connectivity index is 1.53. The minimum atomic E-state index is -0.324. The highest BCUT2D eigenvalue weighted by Gasteiger charge is 2.15. The number of nitrogens with one attached hydrogen (secondary N) is 2. The van der Waals surface area contributed by atoms with E-state index < -0.39 is 0 Å². The highest BCUT2D eigenvalue weighted by atomic mass is 16.6. The number of ether oxygens (including phenoxy) is 2. The molecule has 0 atom stereocenters. The van der Waals surface area contributed by atoms with Crippen LogP contribution in [-0.2, 0) is 0 Å². The zero-order valence-electron chi connectivity index (χ0n) is 16.6. The second-order valence-electron chi connectivity index (χ2n) is 6.92. The van der Waals surface area contributed by atoms with Crippen molar-refractivity contribution in [3.8, 4) is 11.5 Å². The highest BCUT2D eigenvalue weighted by molar-refractivity contribution is 6.03. The Morgan fingerprint density at radius 1 is 0.862 bits per heavy atom. The number of anilines is 3. The predicted molar refractivity (Wildman–Crippen MR) is 111 cm³/mol. The van der Waals surface area contributed by atoms with Gasteiger partial charge < -0.3 is 20.1 Å². The van der Waals surface area contributed by atoms with Crippen molar-refractivity contribution in [2.75, 3.05) is 23.8 Å². The quantitative estimate of drug-likeness (QED) is 0.695. The molecular formula is C22H22N4O3. The van der Waals surface area contributed by atoms with E-state index in [4.69, 9.17) is 9.47 Å². The topological polar surface area (TPSA) is 85.4 Å². The largest absolute Gasteiger partial charge is 0.486 e. The van der Waals surface area contributed by atoms with Gasteiger partial charge >= 0.3 is 0 Å². The summed E-state index contributed by atoms with van der Waals surface area (Å²) in [6, 6.07) is 13.0. The summed E-state index contributed by atoms with van der Waals surface area (Å²) in [5.41, 5.74) is 4.19. The molecule has 0 spiro atoms. The van der Waals surface area contributed by atoms with Crippen LogP contribution in [0.25, 0.3) is 0 Å². The molecule has 2 aromatic carbocycles. The van der Waals surface area contributed by atoms with Gasteiger partial charge in [-0.3, -0.25) is 4.79 Å². The van der Waals surface area contributed by atoms with E-state index in [-0.39, 0.29) is 11.6 Å². The zero-order valence-corrected chi connectivity index (χ0v) is 16.6. The summed E-state index contributed by atoms with van der Waals surface area (Å²) in [6.45, 7) is 6.89. The van der Waals surface area contributed by atoms with Gasteiger partial charge in [-0.05, 0) is 56.2 Å². The van der Waals surface area contributed by atoms with Crippen LogP contribution in [-0.4, -0.2) is 29.1 Å². The number of rotatable bonds is 4. The SMILES string of the molecule is Cc1nc(Nc2ccc(C)c(C)c2)cc(C(=O)Nc2ccc3c(c2)OCCO3)n1. The molecule has 3 aromatic rings. The van der Waals surface area contributed by atoms with Gasteiger partial charge in [0, 0.05) is 23.5 Å². The summed E-state index contributed by atoms with van der Waals surface area (Å²) in [5.74, 6) is 2.03. The van der Waals surface area contributed by atoms with Crippen LogP contribution in [0.3, 0.4) is 0 Å². The summed E-state index contributed by atoms with van der Waals surface area (Å²) in [7, 11) is 0. The highest BCUT2D eigenvalue weighted by Crippen LogP contribution is 2.32. The van der Waals surface area contributed by atoms with E-state index >= 15 is 0 Å². The normalized spacial score (nSPS) is 12.4. The lowest BCUT2D eigenvalue weighted by Gasteiger charge is -2.19. The molecule has 7 heteroatoms. The fraction of sp³-hybridized carbons (Fsp3) is 0.227. The number of benzene rings is 2. The van der Waals surface area contributed by atoms with Gasteiger partial charge in [0.2, 0.25) is 0 Å². The molecule has 148 valence electrons. The number of nitrogens with zero attached hydrogens (tertiary/aromatic N) is 2. The third-order valence-electron chi connectivity index (χ3n) is 4.65. The van der Waals surface area contributed by atoms with Crippen molar-refractivity contribution in [2.45, 2.75) is 20.8 Å². The number of aryl methyl sites for hydroxylation is 3. The Labute approximate surface area is 169 Å². The lowest BCUT2D eigenvalue weighted by atomic mass is 10.1. The summed E-state index contributed by atoms with van der Waals surface area (Å²) < 4.78 is 11.1. The van der Waals surface area contributed by atoms with Crippen molar-refractivity contribution < 1.29 is 14.3 Å². The molecule has 4 rings (SSSR count). The van der Waals surface area contributed by atoms with Gasteiger partial charge in [-0.2, -0.15) is 0 Å². The fourth-order valence-corrected chi connectivity index (χ4v) is 3.03. The number of carbonyl (C=O) groups is 1. The van der Waals surface area contributed by atoms with Gasteiger partial charge in [-0.25, -0.2) is 9.97 Å². The maximum atomic E-state index is 12.7. The molecule has 29 heavy (non-hydrogen) atoms. The molecule has 0 unspecified atom stereocenters. The Morgan fingerprint density at radius 3 is 2.41 bits per heavy atom. The lowest BCUT2D eigenvalue weighted by Crippen LogP contribution is -2.17. The maximum Gasteiger partial charge on any atom is 0.274 e. The second kappa shape index (κ2) is 7.79. The molecule has 7 nitrogen and oxygen atoms in total. The Bertz CT molecular complexity index is 1080. The number of aromatic nitrogens is 2. The van der Waals surface area contributed by atoms with Crippen LogP contribution in [0.5, 0.6) is 11.5 Å². The number of amides is 1. The number of hydrogen-bond donors (Lipinski definition) is 2. The Morgan fingerprint density at radius 2 is 1.62 bits per heavy atom. The van der Waals surface area contributed by atoms with E-state index in [1.807, 2.05) is 18.2 Å². The average Bonchev–Trinajstić information content (AvgIpc) is 2.70. The van der Waals surface area contributed by atoms with E-state index in [1.54, 1.807) is 31.2 Å². The summed E-state index contributed by atoms with van der Waals surface area (Å²) in [5, 5.41) is 6.10. The molecule has 0 aliphatic carbocycles. The molecule has 1 aliphatic rings. The number of carbonyl (C=O) groups excluding carboxylic acids is 1. The third kappa shape index (κ3) is 4.29. The first kappa shape index (κ1) is 18.7. The second-order valence-corrected chi connectivity index (χ2v) is 6.92. The molecule has 0 saturated carbocycles. The lowest BCUT2D eigenvalue weighted by molar-refractivity contribution is 0.102. The van der Waals surface area contributed by atoms with Gasteiger partial charge in [0.05, 0.1) is 0 Å². The average molecular weight is 390 g/mol. The van der Waals surface area contributed by atoms with Crippen molar-refractivity contribution >= 4 is 23.1 Å². The third-order valence-corrected chi connectivity index (χ3v) is 4.65. The monoisotopic (exact) mass is 390 g/mol. The van der Waals surface area contributed by atoms with Gasteiger partial charge in [-0.1, -0.05) is 6.07 Å². The first-order valence-corrected chi connectivity index (χ1v) is 9.39. The Hall–Kier alpha value is -3.61. The molecule has 2 N–H and O–H groups in total. The maximum absolute atomic E-state index is 12.7. The smallest absolute Gasteiger partial charge is 0.274 e. The van der Waals surface area contributed by atoms with Gasteiger partial charge in [0.1, 0.15) is 30.5 Å². The van der Waals surface area contributed by atoms with Gasteiger partial charge in [0.15, 0.2) is 11.5 Å². The molecule has 0 fully saturated rings. The van der Waals surface area contributed by atoms with Crippen LogP contribution in [0.4, 0.5) is 17.2 Å². The molecule has 1 aliphatic heterocycles. The molecule has 1 aromatic heterocycles. The summed E-state index contributed by atoms with van der Waals surface area (Å²) in [4.78, 5) is 21.4. The van der Waals surface area contributed by atoms with Crippen molar-refractivity contribution in [1.29, 1.82) is 0 Å². The molecule has 1 amide bonds. The van der Waals surface area contributed by atoms with Crippen LogP contribution >= 0.6 is 0 Å². The number of hydrogen-bond acceptors (Lipinski definition) is 6. The van der Waals surface area contributed by atoms with Gasteiger partial charge in [0.25, 0.3) is 5.91 Å². The van der Waals surface area contributed by atoms with Crippen molar-refractivity contribution in [1.82, 2.24) is 9.97 Å². The minimum absolute atomic E-state index is 0.277. The fourth-order valence-electron chi connectivity index (χ4n) is 3.03. The van der Waals surface area contributed by atoms with Crippen molar-refractivity contribution in [2.24, 2.45) is 0 Å². The molecule has 0 radical (unpaired) electrons. The van der Waals surface area contributed by atoms with Crippen molar-refractivity contribution in [3.63, 3.8) is 0 Å². The zero-order chi connectivity index (χ0) is 20.4. The first-order valence-electron chi connectivity index (χ1n) is 9.39. The summed E-state index contributed by atoms with van der Waals surface area (Å²) in [6.07, 6.45) is 0.